The number of ether oxygens (including phenoxy) is 2. The van der Waals surface area contributed by atoms with Gasteiger partial charge in [-0.15, -0.1) is 0 Å². The number of methoxy groups -OCH3 is 2. The first-order valence-electron chi connectivity index (χ1n) is 6.07. The molecule has 0 fully saturated rings. The van der Waals surface area contributed by atoms with E-state index in [4.69, 9.17) is 9.47 Å². The van der Waals surface area contributed by atoms with Crippen LogP contribution in [0.3, 0.4) is 0 Å². The van der Waals surface area contributed by atoms with Crippen LogP contribution in [0, 0.1) is 0 Å². The molecule has 2 aromatic rings. The summed E-state index contributed by atoms with van der Waals surface area (Å²) in [5.41, 5.74) is 0.476. The lowest BCUT2D eigenvalue weighted by atomic mass is 10.1. The second-order valence-electron chi connectivity index (χ2n) is 4.22. The fourth-order valence-corrected chi connectivity index (χ4v) is 1.89. The van der Waals surface area contributed by atoms with E-state index in [1.165, 1.54) is 13.3 Å². The molecule has 0 aliphatic heterocycles. The number of carbonyl (C=O) groups excluding carboxylic acids is 1. The lowest BCUT2D eigenvalue weighted by Gasteiger charge is -2.08. The van der Waals surface area contributed by atoms with Crippen LogP contribution in [0.4, 0.5) is 0 Å². The van der Waals surface area contributed by atoms with Crippen molar-refractivity contribution < 1.29 is 23.9 Å². The molecule has 1 aromatic heterocycles. The highest BCUT2D eigenvalue weighted by Crippen LogP contribution is 2.24. The molecule has 1 heterocycles. The molecule has 0 saturated heterocycles. The van der Waals surface area contributed by atoms with E-state index in [2.05, 4.69) is 0 Å². The summed E-state index contributed by atoms with van der Waals surface area (Å²) in [5, 5.41) is 9.39. The van der Waals surface area contributed by atoms with E-state index in [1.54, 1.807) is 48.2 Å². The molecule has 5 heteroatoms. The highest BCUT2D eigenvalue weighted by Gasteiger charge is 2.17. The van der Waals surface area contributed by atoms with Gasteiger partial charge in [0.25, 0.3) is 0 Å². The summed E-state index contributed by atoms with van der Waals surface area (Å²) in [6.45, 7) is 0.122. The Morgan fingerprint density at radius 2 is 2.05 bits per heavy atom. The van der Waals surface area contributed by atoms with Gasteiger partial charge in [-0.05, 0) is 18.2 Å². The minimum atomic E-state index is -0.111. The number of aromatic nitrogens is 1. The SMILES string of the molecule is COc1ccc(C(=O)C[n+]2cccc(O)c2)c(OC)c1. The van der Waals surface area contributed by atoms with Crippen molar-refractivity contribution in [3.05, 3.63) is 48.3 Å². The molecule has 0 aliphatic rings. The number of hydrogen-bond donors (Lipinski definition) is 1. The summed E-state index contributed by atoms with van der Waals surface area (Å²) >= 11 is 0. The van der Waals surface area contributed by atoms with Crippen LogP contribution in [0.2, 0.25) is 0 Å². The minimum absolute atomic E-state index is 0.111. The average Bonchev–Trinajstić information content (AvgIpc) is 2.46. The topological polar surface area (TPSA) is 59.6 Å². The molecule has 1 aromatic carbocycles. The Bertz CT molecular complexity index is 625. The average molecular weight is 274 g/mol. The summed E-state index contributed by atoms with van der Waals surface area (Å²) in [6.07, 6.45) is 3.21. The third kappa shape index (κ3) is 3.06. The van der Waals surface area contributed by atoms with Crippen molar-refractivity contribution in [3.8, 4) is 17.2 Å². The third-order valence-corrected chi connectivity index (χ3v) is 2.88. The largest absolute Gasteiger partial charge is 0.503 e. The van der Waals surface area contributed by atoms with Crippen LogP contribution in [-0.4, -0.2) is 25.1 Å². The van der Waals surface area contributed by atoms with Gasteiger partial charge in [-0.25, -0.2) is 0 Å². The number of pyridine rings is 1. The van der Waals surface area contributed by atoms with Crippen LogP contribution in [0.1, 0.15) is 10.4 Å². The zero-order chi connectivity index (χ0) is 14.5. The van der Waals surface area contributed by atoms with Gasteiger partial charge in [0.05, 0.1) is 19.8 Å². The maximum Gasteiger partial charge on any atom is 0.231 e. The van der Waals surface area contributed by atoms with Crippen molar-refractivity contribution in [1.29, 1.82) is 0 Å². The predicted molar refractivity (Wildman–Crippen MR) is 72.2 cm³/mol. The van der Waals surface area contributed by atoms with E-state index in [0.29, 0.717) is 17.1 Å². The van der Waals surface area contributed by atoms with Crippen LogP contribution < -0.4 is 14.0 Å². The van der Waals surface area contributed by atoms with Gasteiger partial charge in [0.2, 0.25) is 18.5 Å². The van der Waals surface area contributed by atoms with Crippen LogP contribution in [-0.2, 0) is 6.54 Å². The summed E-state index contributed by atoms with van der Waals surface area (Å²) in [5.74, 6) is 1.10. The molecule has 104 valence electrons. The highest BCUT2D eigenvalue weighted by atomic mass is 16.5. The van der Waals surface area contributed by atoms with Crippen molar-refractivity contribution in [3.63, 3.8) is 0 Å². The summed E-state index contributed by atoms with van der Waals surface area (Å²) < 4.78 is 11.9. The maximum absolute atomic E-state index is 12.3. The van der Waals surface area contributed by atoms with E-state index < -0.39 is 0 Å². The maximum atomic E-state index is 12.3. The Hall–Kier alpha value is -2.56. The number of hydrogen-bond acceptors (Lipinski definition) is 4. The molecule has 5 nitrogen and oxygen atoms in total. The Morgan fingerprint density at radius 3 is 2.70 bits per heavy atom. The number of benzene rings is 1. The van der Waals surface area contributed by atoms with Crippen molar-refractivity contribution in [2.24, 2.45) is 0 Å². The molecule has 20 heavy (non-hydrogen) atoms. The normalized spacial score (nSPS) is 10.1. The molecular weight excluding hydrogens is 258 g/mol. The third-order valence-electron chi connectivity index (χ3n) is 2.88. The van der Waals surface area contributed by atoms with Crippen LogP contribution in [0.25, 0.3) is 0 Å². The van der Waals surface area contributed by atoms with Crippen molar-refractivity contribution in [2.75, 3.05) is 14.2 Å². The van der Waals surface area contributed by atoms with Crippen molar-refractivity contribution in [1.82, 2.24) is 0 Å². The summed E-state index contributed by atoms with van der Waals surface area (Å²) in [6, 6.07) is 8.27. The number of aromatic hydroxyl groups is 1. The van der Waals surface area contributed by atoms with Crippen LogP contribution in [0.15, 0.2) is 42.7 Å². The Morgan fingerprint density at radius 1 is 1.25 bits per heavy atom. The smallest absolute Gasteiger partial charge is 0.231 e. The molecule has 1 N–H and O–H groups in total. The minimum Gasteiger partial charge on any atom is -0.503 e. The van der Waals surface area contributed by atoms with E-state index in [1.807, 2.05) is 0 Å². The van der Waals surface area contributed by atoms with Gasteiger partial charge in [-0.3, -0.25) is 4.79 Å². The van der Waals surface area contributed by atoms with Gasteiger partial charge in [-0.1, -0.05) is 0 Å². The Balaban J connectivity index is 2.25. The second-order valence-corrected chi connectivity index (χ2v) is 4.22. The first-order chi connectivity index (χ1) is 9.63. The summed E-state index contributed by atoms with van der Waals surface area (Å²) in [7, 11) is 3.06. The molecule has 0 saturated carbocycles. The molecule has 0 atom stereocenters. The first kappa shape index (κ1) is 13.9. The van der Waals surface area contributed by atoms with Crippen molar-refractivity contribution >= 4 is 5.78 Å². The fourth-order valence-electron chi connectivity index (χ4n) is 1.89. The van der Waals surface area contributed by atoms with Gasteiger partial charge >= 0.3 is 0 Å². The number of nitrogens with zero attached hydrogens (tertiary/aromatic N) is 1. The molecule has 0 aliphatic carbocycles. The summed E-state index contributed by atoms with van der Waals surface area (Å²) in [4.78, 5) is 12.3. The molecule has 0 bridgehead atoms. The molecule has 0 amide bonds. The Labute approximate surface area is 117 Å². The second kappa shape index (κ2) is 6.06. The number of rotatable bonds is 5. The number of carbonyl (C=O) groups is 1. The standard InChI is InChI=1S/C15H15NO4/c1-19-12-5-6-13(15(8-12)20-2)14(18)10-16-7-3-4-11(17)9-16/h3-9H,10H2,1-2H3/p+1. The van der Waals surface area contributed by atoms with E-state index >= 15 is 0 Å². The van der Waals surface area contributed by atoms with E-state index in [-0.39, 0.29) is 18.1 Å². The van der Waals surface area contributed by atoms with Crippen molar-refractivity contribution in [2.45, 2.75) is 6.54 Å². The predicted octanol–water partition coefficient (Wildman–Crippen LogP) is 1.58. The zero-order valence-electron chi connectivity index (χ0n) is 11.4. The lowest BCUT2D eigenvalue weighted by molar-refractivity contribution is -0.683. The fraction of sp³-hybridized carbons (Fsp3) is 0.200. The van der Waals surface area contributed by atoms with Gasteiger partial charge in [0.1, 0.15) is 11.5 Å². The number of ketones is 1. The highest BCUT2D eigenvalue weighted by molar-refractivity contribution is 5.97. The van der Waals surface area contributed by atoms with Gasteiger partial charge in [0.15, 0.2) is 11.9 Å². The molecular formula is C15H16NO4+. The molecule has 0 spiro atoms. The monoisotopic (exact) mass is 274 g/mol. The van der Waals surface area contributed by atoms with Gasteiger partial charge in [0, 0.05) is 12.1 Å². The van der Waals surface area contributed by atoms with Gasteiger partial charge in [-0.2, -0.15) is 4.57 Å². The first-order valence-corrected chi connectivity index (χ1v) is 6.07. The van der Waals surface area contributed by atoms with Crippen LogP contribution in [0.5, 0.6) is 17.2 Å². The molecule has 0 radical (unpaired) electrons. The number of Topliss-reactive ketones (excluding diaryl/α,β-unsaturated/α-hetero) is 1. The van der Waals surface area contributed by atoms with E-state index in [0.717, 1.165) is 0 Å². The molecule has 2 rings (SSSR count). The Kier molecular flexibility index (Phi) is 4.20. The molecule has 0 unspecified atom stereocenters. The van der Waals surface area contributed by atoms with E-state index in [9.17, 15) is 9.90 Å². The zero-order valence-corrected chi connectivity index (χ0v) is 11.4. The quantitative estimate of drug-likeness (QED) is 0.664. The lowest BCUT2D eigenvalue weighted by Crippen LogP contribution is -2.37. The van der Waals surface area contributed by atoms with Gasteiger partial charge < -0.3 is 14.6 Å². The van der Waals surface area contributed by atoms with Crippen LogP contribution >= 0.6 is 0 Å².